The van der Waals surface area contributed by atoms with Crippen molar-refractivity contribution in [2.75, 3.05) is 25.5 Å². The number of aliphatic carboxylic acids is 1. The minimum absolute atomic E-state index is 0.378. The molecule has 0 bridgehead atoms. The van der Waals surface area contributed by atoms with E-state index < -0.39 is 5.97 Å². The SMILES string of the molecule is CC(CN(C)Cc1ccc(N(C)c2ccccc2)nc1)C(=O)O. The molecule has 122 valence electrons. The van der Waals surface area contributed by atoms with Crippen LogP contribution in [0.15, 0.2) is 48.7 Å². The lowest BCUT2D eigenvalue weighted by molar-refractivity contribution is -0.141. The standard InChI is InChI=1S/C18H23N3O2/c1-14(18(22)23)12-20(2)13-15-9-10-17(19-11-15)21(3)16-7-5-4-6-8-16/h4-11,14H,12-13H2,1-3H3,(H,22,23). The first kappa shape index (κ1) is 17.0. The molecule has 0 fully saturated rings. The van der Waals surface area contributed by atoms with Crippen molar-refractivity contribution >= 4 is 17.5 Å². The highest BCUT2D eigenvalue weighted by Crippen LogP contribution is 2.21. The van der Waals surface area contributed by atoms with E-state index in [0.717, 1.165) is 17.1 Å². The minimum atomic E-state index is -0.769. The fourth-order valence-corrected chi connectivity index (χ4v) is 2.41. The Hall–Kier alpha value is -2.40. The average Bonchev–Trinajstić information content (AvgIpc) is 2.55. The van der Waals surface area contributed by atoms with Crippen LogP contribution in [0.2, 0.25) is 0 Å². The number of anilines is 2. The zero-order valence-electron chi connectivity index (χ0n) is 13.8. The predicted molar refractivity (Wildman–Crippen MR) is 91.9 cm³/mol. The van der Waals surface area contributed by atoms with Gasteiger partial charge in [0, 0.05) is 32.0 Å². The molecule has 0 radical (unpaired) electrons. The number of pyridine rings is 1. The van der Waals surface area contributed by atoms with Crippen molar-refractivity contribution in [2.45, 2.75) is 13.5 Å². The minimum Gasteiger partial charge on any atom is -0.481 e. The summed E-state index contributed by atoms with van der Waals surface area (Å²) in [6.45, 7) is 2.91. The summed E-state index contributed by atoms with van der Waals surface area (Å²) in [4.78, 5) is 19.4. The second-order valence-corrected chi connectivity index (χ2v) is 5.86. The van der Waals surface area contributed by atoms with Crippen LogP contribution in [0.25, 0.3) is 0 Å². The highest BCUT2D eigenvalue weighted by Gasteiger charge is 2.14. The Bertz CT molecular complexity index is 628. The molecule has 2 aromatic rings. The van der Waals surface area contributed by atoms with Crippen LogP contribution in [0, 0.1) is 5.92 Å². The molecule has 23 heavy (non-hydrogen) atoms. The summed E-state index contributed by atoms with van der Waals surface area (Å²) >= 11 is 0. The summed E-state index contributed by atoms with van der Waals surface area (Å²) in [6, 6.07) is 14.1. The smallest absolute Gasteiger partial charge is 0.307 e. The van der Waals surface area contributed by atoms with Crippen molar-refractivity contribution in [3.8, 4) is 0 Å². The van der Waals surface area contributed by atoms with Crippen molar-refractivity contribution < 1.29 is 9.90 Å². The number of carboxylic acid groups (broad SMARTS) is 1. The lowest BCUT2D eigenvalue weighted by atomic mass is 10.1. The van der Waals surface area contributed by atoms with E-state index in [4.69, 9.17) is 5.11 Å². The van der Waals surface area contributed by atoms with Crippen LogP contribution in [0.3, 0.4) is 0 Å². The Morgan fingerprint density at radius 3 is 2.43 bits per heavy atom. The number of carboxylic acids is 1. The maximum atomic E-state index is 10.9. The summed E-state index contributed by atoms with van der Waals surface area (Å²) < 4.78 is 0. The zero-order valence-corrected chi connectivity index (χ0v) is 13.8. The van der Waals surface area contributed by atoms with E-state index in [0.29, 0.717) is 13.1 Å². The number of rotatable bonds is 7. The van der Waals surface area contributed by atoms with Crippen LogP contribution in [-0.2, 0) is 11.3 Å². The molecule has 0 aliphatic rings. The zero-order chi connectivity index (χ0) is 16.8. The first-order valence-electron chi connectivity index (χ1n) is 7.62. The highest BCUT2D eigenvalue weighted by atomic mass is 16.4. The van der Waals surface area contributed by atoms with Gasteiger partial charge in [-0.25, -0.2) is 4.98 Å². The van der Waals surface area contributed by atoms with Crippen molar-refractivity contribution in [2.24, 2.45) is 5.92 Å². The van der Waals surface area contributed by atoms with Crippen molar-refractivity contribution in [1.82, 2.24) is 9.88 Å². The number of aromatic nitrogens is 1. The Kier molecular flexibility index (Phi) is 5.71. The normalized spacial score (nSPS) is 12.2. The largest absolute Gasteiger partial charge is 0.481 e. The third kappa shape index (κ3) is 4.79. The number of hydrogen-bond acceptors (Lipinski definition) is 4. The molecular weight excluding hydrogens is 290 g/mol. The van der Waals surface area contributed by atoms with E-state index >= 15 is 0 Å². The van der Waals surface area contributed by atoms with Crippen LogP contribution in [0.4, 0.5) is 11.5 Å². The molecule has 2 rings (SSSR count). The molecule has 0 amide bonds. The number of nitrogens with zero attached hydrogens (tertiary/aromatic N) is 3. The van der Waals surface area contributed by atoms with Gasteiger partial charge in [-0.1, -0.05) is 31.2 Å². The lowest BCUT2D eigenvalue weighted by Gasteiger charge is -2.20. The number of benzene rings is 1. The van der Waals surface area contributed by atoms with Crippen molar-refractivity contribution in [3.63, 3.8) is 0 Å². The van der Waals surface area contributed by atoms with Crippen LogP contribution < -0.4 is 4.90 Å². The first-order chi connectivity index (χ1) is 11.0. The van der Waals surface area contributed by atoms with Gasteiger partial charge < -0.3 is 14.9 Å². The van der Waals surface area contributed by atoms with E-state index in [9.17, 15) is 4.79 Å². The Morgan fingerprint density at radius 2 is 1.87 bits per heavy atom. The summed E-state index contributed by atoms with van der Waals surface area (Å²) in [5, 5.41) is 8.96. The lowest BCUT2D eigenvalue weighted by Crippen LogP contribution is -2.28. The van der Waals surface area contributed by atoms with E-state index in [1.54, 1.807) is 6.92 Å². The van der Waals surface area contributed by atoms with Gasteiger partial charge in [-0.15, -0.1) is 0 Å². The molecule has 1 aromatic heterocycles. The molecule has 1 heterocycles. The van der Waals surface area contributed by atoms with Crippen LogP contribution in [0.1, 0.15) is 12.5 Å². The van der Waals surface area contributed by atoms with Gasteiger partial charge in [0.2, 0.25) is 0 Å². The molecule has 1 unspecified atom stereocenters. The van der Waals surface area contributed by atoms with E-state index in [-0.39, 0.29) is 5.92 Å². The molecule has 0 spiro atoms. The van der Waals surface area contributed by atoms with Gasteiger partial charge in [0.25, 0.3) is 0 Å². The molecule has 0 saturated carbocycles. The van der Waals surface area contributed by atoms with E-state index in [1.807, 2.05) is 72.6 Å². The molecular formula is C18H23N3O2. The maximum absolute atomic E-state index is 10.9. The summed E-state index contributed by atoms with van der Waals surface area (Å²) in [5.74, 6) is -0.271. The van der Waals surface area contributed by atoms with E-state index in [1.165, 1.54) is 0 Å². The predicted octanol–water partition coefficient (Wildman–Crippen LogP) is 3.00. The number of carbonyl (C=O) groups is 1. The molecule has 1 atom stereocenters. The van der Waals surface area contributed by atoms with Crippen molar-refractivity contribution in [1.29, 1.82) is 0 Å². The average molecular weight is 313 g/mol. The topological polar surface area (TPSA) is 56.7 Å². The van der Waals surface area contributed by atoms with Crippen LogP contribution >= 0.6 is 0 Å². The quantitative estimate of drug-likeness (QED) is 0.851. The monoisotopic (exact) mass is 313 g/mol. The number of para-hydroxylation sites is 1. The second kappa shape index (κ2) is 7.74. The molecule has 5 nitrogen and oxygen atoms in total. The van der Waals surface area contributed by atoms with Gasteiger partial charge in [0.1, 0.15) is 5.82 Å². The molecule has 0 aliphatic carbocycles. The third-order valence-corrected chi connectivity index (χ3v) is 3.76. The molecule has 1 N–H and O–H groups in total. The van der Waals surface area contributed by atoms with Gasteiger partial charge in [-0.05, 0) is 30.8 Å². The molecule has 1 aromatic carbocycles. The summed E-state index contributed by atoms with van der Waals surface area (Å²) in [5.41, 5.74) is 2.15. The second-order valence-electron chi connectivity index (χ2n) is 5.86. The number of hydrogen-bond donors (Lipinski definition) is 1. The summed E-state index contributed by atoms with van der Waals surface area (Å²) in [6.07, 6.45) is 1.84. The Morgan fingerprint density at radius 1 is 1.17 bits per heavy atom. The fourth-order valence-electron chi connectivity index (χ4n) is 2.41. The van der Waals surface area contributed by atoms with E-state index in [2.05, 4.69) is 4.98 Å². The third-order valence-electron chi connectivity index (χ3n) is 3.76. The van der Waals surface area contributed by atoms with Crippen LogP contribution in [-0.4, -0.2) is 41.6 Å². The van der Waals surface area contributed by atoms with Crippen LogP contribution in [0.5, 0.6) is 0 Å². The van der Waals surface area contributed by atoms with Gasteiger partial charge in [-0.3, -0.25) is 4.79 Å². The molecule has 5 heteroatoms. The highest BCUT2D eigenvalue weighted by molar-refractivity contribution is 5.69. The Labute approximate surface area is 137 Å². The molecule has 0 aliphatic heterocycles. The fraction of sp³-hybridized carbons (Fsp3) is 0.333. The van der Waals surface area contributed by atoms with Gasteiger partial charge >= 0.3 is 5.97 Å². The summed E-state index contributed by atoms with van der Waals surface area (Å²) in [7, 11) is 3.90. The molecule has 0 saturated heterocycles. The Balaban J connectivity index is 1.98. The van der Waals surface area contributed by atoms with Gasteiger partial charge in [0.15, 0.2) is 0 Å². The first-order valence-corrected chi connectivity index (χ1v) is 7.62. The van der Waals surface area contributed by atoms with Gasteiger partial charge in [-0.2, -0.15) is 0 Å². The van der Waals surface area contributed by atoms with Gasteiger partial charge in [0.05, 0.1) is 5.92 Å². The maximum Gasteiger partial charge on any atom is 0.307 e. The van der Waals surface area contributed by atoms with Crippen molar-refractivity contribution in [3.05, 3.63) is 54.2 Å².